The van der Waals surface area contributed by atoms with Crippen molar-refractivity contribution < 1.29 is 17.7 Å². The lowest BCUT2D eigenvalue weighted by Gasteiger charge is -2.12. The van der Waals surface area contributed by atoms with E-state index in [1.807, 2.05) is 6.92 Å². The van der Waals surface area contributed by atoms with E-state index in [1.165, 1.54) is 19.1 Å². The van der Waals surface area contributed by atoms with Crippen molar-refractivity contribution >= 4 is 19.8 Å². The quantitative estimate of drug-likeness (QED) is 0.895. The van der Waals surface area contributed by atoms with Crippen LogP contribution in [0.2, 0.25) is 0 Å². The highest BCUT2D eigenvalue weighted by Gasteiger charge is 2.22. The molecule has 0 spiro atoms. The average Bonchev–Trinajstić information content (AvgIpc) is 2.47. The van der Waals surface area contributed by atoms with E-state index >= 15 is 0 Å². The van der Waals surface area contributed by atoms with Gasteiger partial charge in [0.05, 0.1) is 26.5 Å². The Kier molecular flexibility index (Phi) is 5.23. The van der Waals surface area contributed by atoms with Crippen molar-refractivity contribution in [2.24, 2.45) is 3.77 Å². The molecule has 1 N–H and O–H groups in total. The molecule has 23 heavy (non-hydrogen) atoms. The SMILES string of the molecule is Cc1ccc(S(=O)(=O)N=[S@@](=O)(C[C@@H](C)O)c2ccccc2)cc1. The molecule has 0 saturated carbocycles. The molecule has 2 aromatic rings. The molecule has 0 bridgehead atoms. The molecule has 0 aliphatic carbocycles. The number of benzene rings is 2. The summed E-state index contributed by atoms with van der Waals surface area (Å²) in [6.45, 7) is 3.30. The summed E-state index contributed by atoms with van der Waals surface area (Å²) in [6, 6.07) is 14.3. The van der Waals surface area contributed by atoms with Crippen LogP contribution in [0.5, 0.6) is 0 Å². The van der Waals surface area contributed by atoms with Gasteiger partial charge in [0.2, 0.25) is 0 Å². The summed E-state index contributed by atoms with van der Waals surface area (Å²) >= 11 is 0. The van der Waals surface area contributed by atoms with Crippen LogP contribution in [-0.4, -0.2) is 29.6 Å². The Morgan fingerprint density at radius 1 is 0.957 bits per heavy atom. The minimum absolute atomic E-state index is 0.0163. The lowest BCUT2D eigenvalue weighted by molar-refractivity contribution is 0.219. The summed E-state index contributed by atoms with van der Waals surface area (Å²) < 4.78 is 41.8. The molecule has 2 atom stereocenters. The second kappa shape index (κ2) is 6.82. The van der Waals surface area contributed by atoms with Gasteiger partial charge in [0, 0.05) is 4.90 Å². The van der Waals surface area contributed by atoms with E-state index in [1.54, 1.807) is 42.5 Å². The molecule has 5 nitrogen and oxygen atoms in total. The molecule has 0 unspecified atom stereocenters. The van der Waals surface area contributed by atoms with E-state index in [2.05, 4.69) is 3.77 Å². The fraction of sp³-hybridized carbons (Fsp3) is 0.250. The third-order valence-corrected chi connectivity index (χ3v) is 7.68. The minimum atomic E-state index is -4.09. The number of sulfonamides is 1. The van der Waals surface area contributed by atoms with Crippen LogP contribution in [0.1, 0.15) is 12.5 Å². The Bertz CT molecular complexity index is 879. The van der Waals surface area contributed by atoms with E-state index in [0.717, 1.165) is 5.56 Å². The molecule has 0 aromatic heterocycles. The maximum Gasteiger partial charge on any atom is 0.290 e. The van der Waals surface area contributed by atoms with E-state index in [4.69, 9.17) is 0 Å². The van der Waals surface area contributed by atoms with Crippen LogP contribution < -0.4 is 0 Å². The highest BCUT2D eigenvalue weighted by Crippen LogP contribution is 2.21. The predicted molar refractivity (Wildman–Crippen MR) is 90.2 cm³/mol. The van der Waals surface area contributed by atoms with Crippen LogP contribution in [-0.2, 0) is 19.8 Å². The van der Waals surface area contributed by atoms with E-state index in [-0.39, 0.29) is 15.5 Å². The van der Waals surface area contributed by atoms with Crippen LogP contribution in [0.4, 0.5) is 0 Å². The van der Waals surface area contributed by atoms with Crippen molar-refractivity contribution in [3.63, 3.8) is 0 Å². The van der Waals surface area contributed by atoms with Crippen LogP contribution in [0.3, 0.4) is 0 Å². The van der Waals surface area contributed by atoms with Gasteiger partial charge in [-0.15, -0.1) is 3.77 Å². The first kappa shape index (κ1) is 17.7. The van der Waals surface area contributed by atoms with Crippen molar-refractivity contribution in [3.8, 4) is 0 Å². The Morgan fingerprint density at radius 3 is 2.04 bits per heavy atom. The molecule has 0 aliphatic rings. The van der Waals surface area contributed by atoms with Crippen LogP contribution >= 0.6 is 0 Å². The number of aryl methyl sites for hydroxylation is 1. The molecule has 0 saturated heterocycles. The van der Waals surface area contributed by atoms with E-state index < -0.39 is 25.9 Å². The lowest BCUT2D eigenvalue weighted by atomic mass is 10.2. The summed E-state index contributed by atoms with van der Waals surface area (Å²) in [5, 5.41) is 9.62. The van der Waals surface area contributed by atoms with E-state index in [0.29, 0.717) is 0 Å². The van der Waals surface area contributed by atoms with Gasteiger partial charge >= 0.3 is 0 Å². The molecule has 0 amide bonds. The first-order valence-corrected chi connectivity index (χ1v) is 10.2. The Morgan fingerprint density at radius 2 is 1.52 bits per heavy atom. The molecule has 7 heteroatoms. The molecular formula is C16H19NO4S2. The fourth-order valence-corrected chi connectivity index (χ4v) is 6.15. The first-order valence-electron chi connectivity index (χ1n) is 7.04. The Hall–Kier alpha value is -1.70. The van der Waals surface area contributed by atoms with Gasteiger partial charge in [-0.3, -0.25) is 0 Å². The maximum absolute atomic E-state index is 13.1. The zero-order chi connectivity index (χ0) is 17.1. The van der Waals surface area contributed by atoms with Crippen molar-refractivity contribution in [2.75, 3.05) is 5.75 Å². The standard InChI is InChI=1S/C16H19NO4S2/c1-13-8-10-16(11-9-13)23(20,21)17-22(19,12-14(2)18)15-6-4-3-5-7-15/h3-11,14,18H,12H2,1-2H3/t14-,22-/m1/s1. The zero-order valence-electron chi connectivity index (χ0n) is 12.9. The molecule has 2 aromatic carbocycles. The van der Waals surface area contributed by atoms with Gasteiger partial charge in [0.25, 0.3) is 10.0 Å². The number of aliphatic hydroxyl groups is 1. The number of hydrogen-bond acceptors (Lipinski definition) is 4. The van der Waals surface area contributed by atoms with Gasteiger partial charge in [0.15, 0.2) is 0 Å². The van der Waals surface area contributed by atoms with Gasteiger partial charge in [-0.2, -0.15) is 8.42 Å². The Balaban J connectivity index is 2.61. The highest BCUT2D eigenvalue weighted by molar-refractivity contribution is 8.03. The van der Waals surface area contributed by atoms with Crippen LogP contribution in [0, 0.1) is 6.92 Å². The smallest absolute Gasteiger partial charge is 0.290 e. The topological polar surface area (TPSA) is 83.8 Å². The third-order valence-electron chi connectivity index (χ3n) is 3.12. The average molecular weight is 353 g/mol. The predicted octanol–water partition coefficient (Wildman–Crippen LogP) is 2.59. The van der Waals surface area contributed by atoms with Gasteiger partial charge in [-0.25, -0.2) is 4.21 Å². The second-order valence-electron chi connectivity index (χ2n) is 5.33. The fourth-order valence-electron chi connectivity index (χ4n) is 2.04. The van der Waals surface area contributed by atoms with E-state index in [9.17, 15) is 17.7 Å². The van der Waals surface area contributed by atoms with Gasteiger partial charge < -0.3 is 5.11 Å². The molecule has 0 radical (unpaired) electrons. The second-order valence-corrected chi connectivity index (χ2v) is 9.44. The maximum atomic E-state index is 13.1. The van der Waals surface area contributed by atoms with Crippen molar-refractivity contribution in [2.45, 2.75) is 29.7 Å². The largest absolute Gasteiger partial charge is 0.392 e. The lowest BCUT2D eigenvalue weighted by Crippen LogP contribution is -2.19. The van der Waals surface area contributed by atoms with Gasteiger partial charge in [-0.1, -0.05) is 35.9 Å². The molecule has 0 aliphatic heterocycles. The van der Waals surface area contributed by atoms with Crippen LogP contribution in [0.25, 0.3) is 0 Å². The molecule has 2 rings (SSSR count). The summed E-state index contributed by atoms with van der Waals surface area (Å²) in [5.74, 6) is -0.248. The minimum Gasteiger partial charge on any atom is -0.392 e. The summed E-state index contributed by atoms with van der Waals surface area (Å²) in [5.41, 5.74) is 0.914. The third kappa shape index (κ3) is 4.40. The Labute approximate surface area is 137 Å². The van der Waals surface area contributed by atoms with Crippen molar-refractivity contribution in [1.82, 2.24) is 0 Å². The van der Waals surface area contributed by atoms with Crippen molar-refractivity contribution in [3.05, 3.63) is 60.2 Å². The molecule has 0 heterocycles. The summed E-state index contributed by atoms with van der Waals surface area (Å²) in [7, 11) is -7.39. The normalized spacial score (nSPS) is 15.6. The monoisotopic (exact) mass is 353 g/mol. The summed E-state index contributed by atoms with van der Waals surface area (Å²) in [6.07, 6.45) is -0.945. The number of hydrogen-bond donors (Lipinski definition) is 1. The number of aliphatic hydroxyl groups excluding tert-OH is 1. The summed E-state index contributed by atoms with van der Waals surface area (Å²) in [4.78, 5) is 0.272. The number of nitrogens with zero attached hydrogens (tertiary/aromatic N) is 1. The van der Waals surface area contributed by atoms with Gasteiger partial charge in [-0.05, 0) is 38.1 Å². The van der Waals surface area contributed by atoms with Gasteiger partial charge in [0.1, 0.15) is 0 Å². The van der Waals surface area contributed by atoms with Crippen molar-refractivity contribution in [1.29, 1.82) is 0 Å². The number of rotatable bonds is 5. The molecular weight excluding hydrogens is 334 g/mol. The van der Waals surface area contributed by atoms with Crippen LogP contribution in [0.15, 0.2) is 68.2 Å². The highest BCUT2D eigenvalue weighted by atomic mass is 32.3. The first-order chi connectivity index (χ1) is 10.7. The molecule has 124 valence electrons. The molecule has 0 fully saturated rings. The zero-order valence-corrected chi connectivity index (χ0v) is 14.5.